The maximum absolute atomic E-state index is 13.6. The van der Waals surface area contributed by atoms with Crippen molar-refractivity contribution in [2.75, 3.05) is 18.2 Å². The SMILES string of the molecule is COc1ccc(F)c(Nc2nc(N)cc(Br)n2)c1. The molecular formula is C11H10BrFN4O. The number of benzene rings is 1. The molecule has 3 N–H and O–H groups in total. The van der Waals surface area contributed by atoms with Gasteiger partial charge in [-0.15, -0.1) is 0 Å². The quantitative estimate of drug-likeness (QED) is 0.852. The Kier molecular flexibility index (Phi) is 3.61. The van der Waals surface area contributed by atoms with Crippen molar-refractivity contribution in [3.05, 3.63) is 34.7 Å². The van der Waals surface area contributed by atoms with Crippen LogP contribution in [0.1, 0.15) is 0 Å². The van der Waals surface area contributed by atoms with E-state index in [1.54, 1.807) is 6.07 Å². The van der Waals surface area contributed by atoms with Gasteiger partial charge < -0.3 is 15.8 Å². The highest BCUT2D eigenvalue weighted by molar-refractivity contribution is 9.10. The van der Waals surface area contributed by atoms with Gasteiger partial charge in [-0.1, -0.05) is 0 Å². The number of nitrogens with one attached hydrogen (secondary N) is 1. The number of ether oxygens (including phenoxy) is 1. The highest BCUT2D eigenvalue weighted by Gasteiger charge is 2.07. The van der Waals surface area contributed by atoms with Crippen molar-refractivity contribution in [3.63, 3.8) is 0 Å². The third-order valence-corrected chi connectivity index (χ3v) is 2.54. The molecule has 18 heavy (non-hydrogen) atoms. The van der Waals surface area contributed by atoms with Crippen LogP contribution in [0.25, 0.3) is 0 Å². The van der Waals surface area contributed by atoms with Crippen molar-refractivity contribution in [1.82, 2.24) is 9.97 Å². The molecule has 5 nitrogen and oxygen atoms in total. The Bertz CT molecular complexity index is 559. The van der Waals surface area contributed by atoms with Gasteiger partial charge in [0.15, 0.2) is 0 Å². The molecule has 0 unspecified atom stereocenters. The van der Waals surface area contributed by atoms with Crippen molar-refractivity contribution in [2.45, 2.75) is 0 Å². The summed E-state index contributed by atoms with van der Waals surface area (Å²) >= 11 is 3.18. The van der Waals surface area contributed by atoms with E-state index < -0.39 is 5.82 Å². The van der Waals surface area contributed by atoms with E-state index in [4.69, 9.17) is 10.5 Å². The van der Waals surface area contributed by atoms with Gasteiger partial charge in [0, 0.05) is 12.1 Å². The molecule has 0 aliphatic rings. The van der Waals surface area contributed by atoms with Crippen LogP contribution in [-0.4, -0.2) is 17.1 Å². The van der Waals surface area contributed by atoms with Crippen LogP contribution in [0.3, 0.4) is 0 Å². The average molecular weight is 313 g/mol. The molecule has 0 saturated heterocycles. The number of hydrogen-bond acceptors (Lipinski definition) is 5. The fraction of sp³-hybridized carbons (Fsp3) is 0.0909. The first-order valence-corrected chi connectivity index (χ1v) is 5.78. The number of rotatable bonds is 3. The maximum Gasteiger partial charge on any atom is 0.230 e. The second-order valence-electron chi connectivity index (χ2n) is 3.41. The van der Waals surface area contributed by atoms with E-state index >= 15 is 0 Å². The Balaban J connectivity index is 2.33. The second kappa shape index (κ2) is 5.18. The molecule has 2 rings (SSSR count). The van der Waals surface area contributed by atoms with E-state index in [2.05, 4.69) is 31.2 Å². The first-order chi connectivity index (χ1) is 8.58. The first kappa shape index (κ1) is 12.6. The van der Waals surface area contributed by atoms with E-state index in [0.29, 0.717) is 10.4 Å². The van der Waals surface area contributed by atoms with Crippen molar-refractivity contribution in [2.24, 2.45) is 0 Å². The Morgan fingerprint density at radius 1 is 1.33 bits per heavy atom. The number of aromatic nitrogens is 2. The molecular weight excluding hydrogens is 303 g/mol. The molecule has 0 bridgehead atoms. The highest BCUT2D eigenvalue weighted by Crippen LogP contribution is 2.24. The van der Waals surface area contributed by atoms with Gasteiger partial charge in [0.25, 0.3) is 0 Å². The predicted molar refractivity (Wildman–Crippen MR) is 70.4 cm³/mol. The van der Waals surface area contributed by atoms with Gasteiger partial charge in [0.2, 0.25) is 5.95 Å². The number of nitrogens with two attached hydrogens (primary N) is 1. The fourth-order valence-electron chi connectivity index (χ4n) is 1.34. The molecule has 0 saturated carbocycles. The van der Waals surface area contributed by atoms with E-state index in [-0.39, 0.29) is 17.5 Å². The zero-order chi connectivity index (χ0) is 13.1. The summed E-state index contributed by atoms with van der Waals surface area (Å²) in [4.78, 5) is 7.98. The largest absolute Gasteiger partial charge is 0.497 e. The van der Waals surface area contributed by atoms with Crippen LogP contribution in [-0.2, 0) is 0 Å². The van der Waals surface area contributed by atoms with Crippen molar-refractivity contribution < 1.29 is 9.13 Å². The van der Waals surface area contributed by atoms with E-state index in [9.17, 15) is 4.39 Å². The molecule has 0 spiro atoms. The summed E-state index contributed by atoms with van der Waals surface area (Å²) in [6.07, 6.45) is 0. The van der Waals surface area contributed by atoms with Crippen LogP contribution in [0, 0.1) is 5.82 Å². The summed E-state index contributed by atoms with van der Waals surface area (Å²) < 4.78 is 19.1. The van der Waals surface area contributed by atoms with Gasteiger partial charge in [-0.3, -0.25) is 0 Å². The number of halogens is 2. The fourth-order valence-corrected chi connectivity index (χ4v) is 1.74. The summed E-state index contributed by atoms with van der Waals surface area (Å²) in [6, 6.07) is 5.88. The van der Waals surface area contributed by atoms with Crippen LogP contribution in [0.2, 0.25) is 0 Å². The van der Waals surface area contributed by atoms with Gasteiger partial charge in [-0.25, -0.2) is 9.37 Å². The van der Waals surface area contributed by atoms with E-state index in [1.165, 1.54) is 25.3 Å². The number of methoxy groups -OCH3 is 1. The summed E-state index contributed by atoms with van der Waals surface area (Å²) in [5.41, 5.74) is 5.78. The topological polar surface area (TPSA) is 73.1 Å². The molecule has 0 aliphatic carbocycles. The van der Waals surface area contributed by atoms with E-state index in [0.717, 1.165) is 0 Å². The van der Waals surface area contributed by atoms with Gasteiger partial charge in [-0.2, -0.15) is 4.98 Å². The minimum Gasteiger partial charge on any atom is -0.497 e. The van der Waals surface area contributed by atoms with Crippen LogP contribution in [0.5, 0.6) is 5.75 Å². The third kappa shape index (κ3) is 2.86. The van der Waals surface area contributed by atoms with Crippen LogP contribution in [0.4, 0.5) is 21.8 Å². The molecule has 2 aromatic rings. The van der Waals surface area contributed by atoms with Crippen LogP contribution >= 0.6 is 15.9 Å². The predicted octanol–water partition coefficient (Wildman–Crippen LogP) is 2.71. The molecule has 0 atom stereocenters. The van der Waals surface area contributed by atoms with E-state index in [1.807, 2.05) is 0 Å². The minimum absolute atomic E-state index is 0.203. The van der Waals surface area contributed by atoms with Gasteiger partial charge >= 0.3 is 0 Å². The highest BCUT2D eigenvalue weighted by atomic mass is 79.9. The molecule has 0 aliphatic heterocycles. The number of anilines is 3. The molecule has 0 fully saturated rings. The smallest absolute Gasteiger partial charge is 0.230 e. The molecule has 1 heterocycles. The lowest BCUT2D eigenvalue weighted by Crippen LogP contribution is -2.02. The number of nitrogens with zero attached hydrogens (tertiary/aromatic N) is 2. The molecule has 0 radical (unpaired) electrons. The average Bonchev–Trinajstić information content (AvgIpc) is 2.30. The second-order valence-corrected chi connectivity index (χ2v) is 4.22. The molecule has 7 heteroatoms. The first-order valence-electron chi connectivity index (χ1n) is 4.99. The normalized spacial score (nSPS) is 10.2. The lowest BCUT2D eigenvalue weighted by Gasteiger charge is -2.08. The Labute approximate surface area is 111 Å². The lowest BCUT2D eigenvalue weighted by molar-refractivity contribution is 0.414. The van der Waals surface area contributed by atoms with Crippen molar-refractivity contribution in [1.29, 1.82) is 0 Å². The number of nitrogen functional groups attached to an aromatic ring is 1. The molecule has 1 aromatic carbocycles. The Morgan fingerprint density at radius 2 is 2.11 bits per heavy atom. The third-order valence-electron chi connectivity index (χ3n) is 2.13. The van der Waals surface area contributed by atoms with Crippen molar-refractivity contribution >= 4 is 33.4 Å². The molecule has 0 amide bonds. The van der Waals surface area contributed by atoms with Gasteiger partial charge in [0.05, 0.1) is 12.8 Å². The summed E-state index contributed by atoms with van der Waals surface area (Å²) in [5, 5.41) is 2.74. The summed E-state index contributed by atoms with van der Waals surface area (Å²) in [7, 11) is 1.50. The minimum atomic E-state index is -0.432. The number of hydrogen-bond donors (Lipinski definition) is 2. The zero-order valence-electron chi connectivity index (χ0n) is 9.45. The van der Waals surface area contributed by atoms with Crippen molar-refractivity contribution in [3.8, 4) is 5.75 Å². The summed E-state index contributed by atoms with van der Waals surface area (Å²) in [6.45, 7) is 0. The Morgan fingerprint density at radius 3 is 2.78 bits per heavy atom. The van der Waals surface area contributed by atoms with Gasteiger partial charge in [0.1, 0.15) is 22.0 Å². The zero-order valence-corrected chi connectivity index (χ0v) is 11.0. The molecule has 94 valence electrons. The Hall–Kier alpha value is -1.89. The lowest BCUT2D eigenvalue weighted by atomic mass is 10.3. The summed E-state index contributed by atoms with van der Waals surface area (Å²) in [5.74, 6) is 0.580. The maximum atomic E-state index is 13.6. The molecule has 1 aromatic heterocycles. The van der Waals surface area contributed by atoms with Gasteiger partial charge in [-0.05, 0) is 28.1 Å². The van der Waals surface area contributed by atoms with Crippen LogP contribution < -0.4 is 15.8 Å². The van der Waals surface area contributed by atoms with Crippen LogP contribution in [0.15, 0.2) is 28.9 Å². The monoisotopic (exact) mass is 312 g/mol. The standard InChI is InChI=1S/C11H10BrFN4O/c1-18-6-2-3-7(13)8(4-6)15-11-16-9(12)5-10(14)17-11/h2-5H,1H3,(H3,14,15,16,17).